The molecule has 1 fully saturated rings. The number of nitrogens with zero attached hydrogens (tertiary/aromatic N) is 1. The second-order valence-corrected chi connectivity index (χ2v) is 9.06. The summed E-state index contributed by atoms with van der Waals surface area (Å²) in [5.41, 5.74) is 1.08. The van der Waals surface area contributed by atoms with Crippen molar-refractivity contribution >= 4 is 21.4 Å². The van der Waals surface area contributed by atoms with E-state index in [1.165, 1.54) is 11.3 Å². The number of nitrogens with one attached hydrogen (secondary N) is 1. The number of hydrogen-bond acceptors (Lipinski definition) is 4. The molecule has 1 saturated heterocycles. The number of aryl methyl sites for hydroxylation is 1. The van der Waals surface area contributed by atoms with Crippen LogP contribution in [0.4, 0.5) is 0 Å². The minimum Gasteiger partial charge on any atom is -0.312 e. The minimum atomic E-state index is -3.32. The van der Waals surface area contributed by atoms with E-state index in [1.54, 1.807) is 4.31 Å². The molecule has 6 heteroatoms. The summed E-state index contributed by atoms with van der Waals surface area (Å²) in [5, 5.41) is 3.35. The Bertz CT molecular complexity index is 566. The molecular weight excluding hydrogens is 304 g/mol. The van der Waals surface area contributed by atoms with Gasteiger partial charge < -0.3 is 5.32 Å². The van der Waals surface area contributed by atoms with Gasteiger partial charge in [-0.3, -0.25) is 0 Å². The third-order valence-electron chi connectivity index (χ3n) is 4.02. The van der Waals surface area contributed by atoms with Crippen molar-refractivity contribution in [2.75, 3.05) is 13.1 Å². The van der Waals surface area contributed by atoms with Crippen LogP contribution in [0.25, 0.3) is 0 Å². The van der Waals surface area contributed by atoms with Crippen molar-refractivity contribution in [3.05, 3.63) is 16.5 Å². The molecule has 1 N–H and O–H groups in total. The van der Waals surface area contributed by atoms with E-state index in [0.717, 1.165) is 49.2 Å². The number of sulfonamides is 1. The van der Waals surface area contributed by atoms with Crippen LogP contribution in [0.2, 0.25) is 0 Å². The number of rotatable bonds is 6. The Kier molecular flexibility index (Phi) is 5.82. The van der Waals surface area contributed by atoms with E-state index in [9.17, 15) is 8.42 Å². The molecule has 1 aromatic heterocycles. The predicted octanol–water partition coefficient (Wildman–Crippen LogP) is 3.12. The smallest absolute Gasteiger partial charge is 0.252 e. The van der Waals surface area contributed by atoms with Crippen LogP contribution in [0.3, 0.4) is 0 Å². The molecule has 1 atom stereocenters. The average Bonchev–Trinajstić information content (AvgIpc) is 2.82. The van der Waals surface area contributed by atoms with Crippen molar-refractivity contribution in [1.29, 1.82) is 0 Å². The maximum Gasteiger partial charge on any atom is 0.252 e. The third-order valence-corrected chi connectivity index (χ3v) is 7.72. The second-order valence-electron chi connectivity index (χ2n) is 5.81. The molecule has 1 aliphatic rings. The molecule has 0 bridgehead atoms. The topological polar surface area (TPSA) is 49.4 Å². The fourth-order valence-corrected chi connectivity index (χ4v) is 6.10. The van der Waals surface area contributed by atoms with Crippen LogP contribution in [-0.4, -0.2) is 31.9 Å². The first kappa shape index (κ1) is 16.9. The van der Waals surface area contributed by atoms with Gasteiger partial charge in [0.25, 0.3) is 10.0 Å². The van der Waals surface area contributed by atoms with Crippen LogP contribution in [0, 0.1) is 6.92 Å². The summed E-state index contributed by atoms with van der Waals surface area (Å²) in [6.45, 7) is 8.52. The lowest BCUT2D eigenvalue weighted by Gasteiger charge is -2.31. The number of thiophene rings is 1. The molecule has 0 aromatic carbocycles. The highest BCUT2D eigenvalue weighted by Crippen LogP contribution is 2.31. The summed E-state index contributed by atoms with van der Waals surface area (Å²) in [7, 11) is -3.32. The fraction of sp³-hybridized carbons (Fsp3) is 0.733. The normalized spacial score (nSPS) is 20.8. The van der Waals surface area contributed by atoms with Crippen LogP contribution >= 0.6 is 11.3 Å². The predicted molar refractivity (Wildman–Crippen MR) is 88.3 cm³/mol. The molecule has 2 rings (SSSR count). The highest BCUT2D eigenvalue weighted by molar-refractivity contribution is 7.91. The Hall–Kier alpha value is -0.430. The average molecular weight is 331 g/mol. The summed E-state index contributed by atoms with van der Waals surface area (Å²) < 4.78 is 27.8. The zero-order valence-corrected chi connectivity index (χ0v) is 14.8. The molecule has 1 aliphatic heterocycles. The van der Waals surface area contributed by atoms with Gasteiger partial charge in [0.1, 0.15) is 4.21 Å². The first-order chi connectivity index (χ1) is 9.96. The largest absolute Gasteiger partial charge is 0.312 e. The van der Waals surface area contributed by atoms with E-state index < -0.39 is 10.0 Å². The third kappa shape index (κ3) is 3.86. The van der Waals surface area contributed by atoms with Gasteiger partial charge in [-0.25, -0.2) is 8.42 Å². The van der Waals surface area contributed by atoms with E-state index in [-0.39, 0.29) is 6.04 Å². The van der Waals surface area contributed by atoms with Crippen molar-refractivity contribution in [3.8, 4) is 0 Å². The van der Waals surface area contributed by atoms with Crippen molar-refractivity contribution in [3.63, 3.8) is 0 Å². The van der Waals surface area contributed by atoms with Gasteiger partial charge in [0, 0.05) is 24.0 Å². The molecule has 120 valence electrons. The van der Waals surface area contributed by atoms with Gasteiger partial charge in [-0.1, -0.05) is 13.3 Å². The van der Waals surface area contributed by atoms with Crippen molar-refractivity contribution in [2.24, 2.45) is 0 Å². The molecule has 0 spiro atoms. The Labute approximate surface area is 132 Å². The van der Waals surface area contributed by atoms with E-state index in [2.05, 4.69) is 12.2 Å². The molecule has 1 unspecified atom stereocenters. The van der Waals surface area contributed by atoms with E-state index in [4.69, 9.17) is 0 Å². The summed E-state index contributed by atoms with van der Waals surface area (Å²) in [4.78, 5) is 1.13. The standard InChI is InChI=1S/C15H26N2O2S2/c1-4-8-16-11-14-12(2)10-15(20-14)21(18,19)17-9-6-5-7-13(17)3/h10,13,16H,4-9,11H2,1-3H3. The van der Waals surface area contributed by atoms with Crippen molar-refractivity contribution in [2.45, 2.75) is 63.3 Å². The van der Waals surface area contributed by atoms with Crippen LogP contribution < -0.4 is 5.32 Å². The molecule has 1 aromatic rings. The molecule has 21 heavy (non-hydrogen) atoms. The Balaban J connectivity index is 2.18. The first-order valence-corrected chi connectivity index (χ1v) is 10.0. The lowest BCUT2D eigenvalue weighted by Crippen LogP contribution is -2.41. The summed E-state index contributed by atoms with van der Waals surface area (Å²) in [6.07, 6.45) is 4.15. The van der Waals surface area contributed by atoms with Crippen LogP contribution in [-0.2, 0) is 16.6 Å². The number of hydrogen-bond donors (Lipinski definition) is 1. The molecule has 0 saturated carbocycles. The Morgan fingerprint density at radius 3 is 2.86 bits per heavy atom. The van der Waals surface area contributed by atoms with E-state index >= 15 is 0 Å². The zero-order valence-electron chi connectivity index (χ0n) is 13.2. The van der Waals surface area contributed by atoms with Crippen LogP contribution in [0.5, 0.6) is 0 Å². The quantitative estimate of drug-likeness (QED) is 0.815. The lowest BCUT2D eigenvalue weighted by molar-refractivity contribution is 0.269. The van der Waals surface area contributed by atoms with Gasteiger partial charge in [-0.15, -0.1) is 11.3 Å². The van der Waals surface area contributed by atoms with Crippen molar-refractivity contribution < 1.29 is 8.42 Å². The van der Waals surface area contributed by atoms with Gasteiger partial charge in [0.2, 0.25) is 0 Å². The van der Waals surface area contributed by atoms with Crippen molar-refractivity contribution in [1.82, 2.24) is 9.62 Å². The molecule has 2 heterocycles. The fourth-order valence-electron chi connectivity index (χ4n) is 2.71. The second kappa shape index (κ2) is 7.22. The molecule has 0 radical (unpaired) electrons. The Morgan fingerprint density at radius 1 is 1.43 bits per heavy atom. The molecule has 4 nitrogen and oxygen atoms in total. The molecule has 0 amide bonds. The van der Waals surface area contributed by atoms with Gasteiger partial charge in [0.05, 0.1) is 0 Å². The zero-order chi connectivity index (χ0) is 15.5. The highest BCUT2D eigenvalue weighted by Gasteiger charge is 2.32. The lowest BCUT2D eigenvalue weighted by atomic mass is 10.1. The summed E-state index contributed by atoms with van der Waals surface area (Å²) in [6, 6.07) is 1.96. The van der Waals surface area contributed by atoms with E-state index in [0.29, 0.717) is 10.8 Å². The maximum atomic E-state index is 12.8. The minimum absolute atomic E-state index is 0.118. The number of piperidine rings is 1. The Morgan fingerprint density at radius 2 is 2.19 bits per heavy atom. The van der Waals surface area contributed by atoms with Gasteiger partial charge in [0.15, 0.2) is 0 Å². The SMILES string of the molecule is CCCNCc1sc(S(=O)(=O)N2CCCCC2C)cc1C. The molecule has 0 aliphatic carbocycles. The van der Waals surface area contributed by atoms with Crippen LogP contribution in [0.15, 0.2) is 10.3 Å². The highest BCUT2D eigenvalue weighted by atomic mass is 32.2. The van der Waals surface area contributed by atoms with Gasteiger partial charge >= 0.3 is 0 Å². The van der Waals surface area contributed by atoms with Crippen LogP contribution in [0.1, 0.15) is 50.0 Å². The van der Waals surface area contributed by atoms with E-state index in [1.807, 2.05) is 19.9 Å². The van der Waals surface area contributed by atoms with Gasteiger partial charge in [-0.05, 0) is 51.3 Å². The molecular formula is C15H26N2O2S2. The maximum absolute atomic E-state index is 12.8. The van der Waals surface area contributed by atoms with Gasteiger partial charge in [-0.2, -0.15) is 4.31 Å². The summed E-state index contributed by atoms with van der Waals surface area (Å²) >= 11 is 1.42. The monoisotopic (exact) mass is 330 g/mol. The first-order valence-electron chi connectivity index (χ1n) is 7.78. The summed E-state index contributed by atoms with van der Waals surface area (Å²) in [5.74, 6) is 0.